The zero-order valence-electron chi connectivity index (χ0n) is 10.2. The second kappa shape index (κ2) is 4.70. The second-order valence-corrected chi connectivity index (χ2v) is 4.74. The van der Waals surface area contributed by atoms with Crippen molar-refractivity contribution in [1.82, 2.24) is 14.9 Å². The summed E-state index contributed by atoms with van der Waals surface area (Å²) in [5, 5.41) is 3.33. The van der Waals surface area contributed by atoms with Crippen LogP contribution in [0.5, 0.6) is 0 Å². The van der Waals surface area contributed by atoms with Crippen molar-refractivity contribution in [3.05, 3.63) is 40.4 Å². The van der Waals surface area contributed by atoms with Crippen LogP contribution in [-0.2, 0) is 0 Å². The Morgan fingerprint density at radius 1 is 1.32 bits per heavy atom. The van der Waals surface area contributed by atoms with Gasteiger partial charge in [0.2, 0.25) is 0 Å². The number of nitrogens with one attached hydrogen (secondary N) is 1. The van der Waals surface area contributed by atoms with Crippen molar-refractivity contribution in [1.29, 1.82) is 0 Å². The van der Waals surface area contributed by atoms with E-state index in [1.54, 1.807) is 0 Å². The molecule has 100 valence electrons. The predicted octanol–water partition coefficient (Wildman–Crippen LogP) is 1.60. The van der Waals surface area contributed by atoms with E-state index in [2.05, 4.69) is 10.3 Å². The fraction of sp³-hybridized carbons (Fsp3) is 0.385. The number of hydrogen-bond donors (Lipinski definition) is 1. The van der Waals surface area contributed by atoms with Gasteiger partial charge in [-0.25, -0.2) is 13.8 Å². The summed E-state index contributed by atoms with van der Waals surface area (Å²) in [6.45, 7) is 1.63. The van der Waals surface area contributed by atoms with Crippen LogP contribution in [0.1, 0.15) is 18.9 Å². The molecular weight excluding hydrogens is 252 g/mol. The molecule has 0 bridgehead atoms. The van der Waals surface area contributed by atoms with Crippen LogP contribution in [0.3, 0.4) is 0 Å². The number of halogens is 2. The minimum absolute atomic E-state index is 0.0197. The molecular formula is C13H13F2N3O. The molecule has 0 aliphatic carbocycles. The molecule has 3 rings (SSSR count). The maximum absolute atomic E-state index is 13.2. The number of piperidine rings is 1. The molecule has 1 aromatic carbocycles. The lowest BCUT2D eigenvalue weighted by atomic mass is 10.1. The Kier molecular flexibility index (Phi) is 3.02. The van der Waals surface area contributed by atoms with Crippen LogP contribution in [-0.4, -0.2) is 22.6 Å². The first-order valence-corrected chi connectivity index (χ1v) is 6.23. The first-order chi connectivity index (χ1) is 9.16. The van der Waals surface area contributed by atoms with Gasteiger partial charge in [-0.05, 0) is 25.5 Å². The SMILES string of the molecule is O=c1c2cc(F)c(F)cc2ncn1C1CCCNC1. The van der Waals surface area contributed by atoms with Gasteiger partial charge in [0.25, 0.3) is 5.56 Å². The van der Waals surface area contributed by atoms with E-state index in [-0.39, 0.29) is 22.5 Å². The first kappa shape index (κ1) is 12.2. The van der Waals surface area contributed by atoms with Crippen LogP contribution < -0.4 is 10.9 Å². The van der Waals surface area contributed by atoms with Gasteiger partial charge < -0.3 is 5.32 Å². The molecule has 2 aromatic rings. The third-order valence-corrected chi connectivity index (χ3v) is 3.49. The van der Waals surface area contributed by atoms with E-state index in [1.165, 1.54) is 10.9 Å². The van der Waals surface area contributed by atoms with Gasteiger partial charge in [0.1, 0.15) is 0 Å². The lowest BCUT2D eigenvalue weighted by Gasteiger charge is -2.24. The summed E-state index contributed by atoms with van der Waals surface area (Å²) in [6.07, 6.45) is 3.27. The van der Waals surface area contributed by atoms with Crippen LogP contribution in [0.4, 0.5) is 8.78 Å². The maximum Gasteiger partial charge on any atom is 0.261 e. The van der Waals surface area contributed by atoms with Crippen molar-refractivity contribution in [2.24, 2.45) is 0 Å². The minimum Gasteiger partial charge on any atom is -0.315 e. The quantitative estimate of drug-likeness (QED) is 0.852. The van der Waals surface area contributed by atoms with Gasteiger partial charge in [-0.15, -0.1) is 0 Å². The average molecular weight is 265 g/mol. The second-order valence-electron chi connectivity index (χ2n) is 4.74. The van der Waals surface area contributed by atoms with Crippen LogP contribution in [0.25, 0.3) is 10.9 Å². The molecule has 0 amide bonds. The number of benzene rings is 1. The fourth-order valence-corrected chi connectivity index (χ4v) is 2.46. The number of fused-ring (bicyclic) bond motifs is 1. The molecule has 1 aromatic heterocycles. The van der Waals surface area contributed by atoms with Gasteiger partial charge in [0.05, 0.1) is 23.3 Å². The van der Waals surface area contributed by atoms with E-state index in [9.17, 15) is 13.6 Å². The number of rotatable bonds is 1. The van der Waals surface area contributed by atoms with Crippen LogP contribution in [0.2, 0.25) is 0 Å². The third-order valence-electron chi connectivity index (χ3n) is 3.49. The molecule has 1 fully saturated rings. The Morgan fingerprint density at radius 3 is 2.84 bits per heavy atom. The monoisotopic (exact) mass is 265 g/mol. The fourth-order valence-electron chi connectivity index (χ4n) is 2.46. The van der Waals surface area contributed by atoms with E-state index in [1.807, 2.05) is 0 Å². The molecule has 0 radical (unpaired) electrons. The summed E-state index contributed by atoms with van der Waals surface area (Å²) in [7, 11) is 0. The first-order valence-electron chi connectivity index (χ1n) is 6.23. The van der Waals surface area contributed by atoms with Crippen LogP contribution in [0.15, 0.2) is 23.3 Å². The minimum atomic E-state index is -1.02. The van der Waals surface area contributed by atoms with Gasteiger partial charge in [0.15, 0.2) is 11.6 Å². The van der Waals surface area contributed by atoms with E-state index in [4.69, 9.17) is 0 Å². The summed E-state index contributed by atoms with van der Waals surface area (Å²) in [5.74, 6) is -2.01. The molecule has 1 atom stereocenters. The zero-order chi connectivity index (χ0) is 13.4. The van der Waals surface area contributed by atoms with Gasteiger partial charge in [-0.2, -0.15) is 0 Å². The highest BCUT2D eigenvalue weighted by Gasteiger charge is 2.18. The van der Waals surface area contributed by atoms with Gasteiger partial charge in [-0.3, -0.25) is 9.36 Å². The van der Waals surface area contributed by atoms with Crippen molar-refractivity contribution in [3.8, 4) is 0 Å². The Morgan fingerprint density at radius 2 is 2.11 bits per heavy atom. The standard InChI is InChI=1S/C13H13F2N3O/c14-10-4-9-12(5-11(10)15)17-7-18(13(9)19)8-2-1-3-16-6-8/h4-5,7-8,16H,1-3,6H2. The lowest BCUT2D eigenvalue weighted by Crippen LogP contribution is -2.36. The molecule has 1 aliphatic rings. The van der Waals surface area contributed by atoms with Gasteiger partial charge in [-0.1, -0.05) is 0 Å². The number of nitrogens with zero attached hydrogens (tertiary/aromatic N) is 2. The number of hydrogen-bond acceptors (Lipinski definition) is 3. The highest BCUT2D eigenvalue weighted by molar-refractivity contribution is 5.77. The zero-order valence-corrected chi connectivity index (χ0v) is 10.2. The van der Waals surface area contributed by atoms with Gasteiger partial charge >= 0.3 is 0 Å². The van der Waals surface area contributed by atoms with E-state index in [0.29, 0.717) is 6.54 Å². The van der Waals surface area contributed by atoms with Crippen molar-refractivity contribution in [2.45, 2.75) is 18.9 Å². The van der Waals surface area contributed by atoms with Gasteiger partial charge in [0, 0.05) is 12.6 Å². The van der Waals surface area contributed by atoms with E-state index < -0.39 is 11.6 Å². The molecule has 0 spiro atoms. The molecule has 1 saturated heterocycles. The average Bonchev–Trinajstić information content (AvgIpc) is 2.42. The molecule has 1 N–H and O–H groups in total. The summed E-state index contributed by atoms with van der Waals surface area (Å²) >= 11 is 0. The lowest BCUT2D eigenvalue weighted by molar-refractivity contribution is 0.363. The van der Waals surface area contributed by atoms with Crippen LogP contribution >= 0.6 is 0 Å². The normalized spacial score (nSPS) is 19.8. The number of aromatic nitrogens is 2. The Labute approximate surface area is 108 Å². The highest BCUT2D eigenvalue weighted by Crippen LogP contribution is 2.17. The summed E-state index contributed by atoms with van der Waals surface area (Å²) in [5.41, 5.74) is -0.137. The van der Waals surface area contributed by atoms with Crippen molar-refractivity contribution >= 4 is 10.9 Å². The molecule has 0 saturated carbocycles. The molecule has 4 nitrogen and oxygen atoms in total. The van der Waals surface area contributed by atoms with E-state index in [0.717, 1.165) is 31.5 Å². The molecule has 1 aliphatic heterocycles. The third kappa shape index (κ3) is 2.12. The van der Waals surface area contributed by atoms with Crippen LogP contribution in [0, 0.1) is 11.6 Å². The molecule has 6 heteroatoms. The van der Waals surface area contributed by atoms with Crippen molar-refractivity contribution in [2.75, 3.05) is 13.1 Å². The Balaban J connectivity index is 2.14. The van der Waals surface area contributed by atoms with Crippen molar-refractivity contribution in [3.63, 3.8) is 0 Å². The topological polar surface area (TPSA) is 46.9 Å². The maximum atomic E-state index is 13.2. The summed E-state index contributed by atoms with van der Waals surface area (Å²) in [4.78, 5) is 16.3. The smallest absolute Gasteiger partial charge is 0.261 e. The molecule has 1 unspecified atom stereocenters. The van der Waals surface area contributed by atoms with E-state index >= 15 is 0 Å². The largest absolute Gasteiger partial charge is 0.315 e. The highest BCUT2D eigenvalue weighted by atomic mass is 19.2. The molecule has 2 heterocycles. The predicted molar refractivity (Wildman–Crippen MR) is 67.1 cm³/mol. The summed E-state index contributed by atoms with van der Waals surface area (Å²) in [6, 6.07) is 1.90. The van der Waals surface area contributed by atoms with Crippen molar-refractivity contribution < 1.29 is 8.78 Å². The summed E-state index contributed by atoms with van der Waals surface area (Å²) < 4.78 is 27.8. The Hall–Kier alpha value is -1.82. The Bertz CT molecular complexity index is 677. The molecule has 19 heavy (non-hydrogen) atoms.